The first-order valence-corrected chi connectivity index (χ1v) is 11.1. The van der Waals surface area contributed by atoms with Crippen molar-refractivity contribution in [2.75, 3.05) is 7.11 Å². The average Bonchev–Trinajstić information content (AvgIpc) is 2.78. The number of methoxy groups -OCH3 is 1. The van der Waals surface area contributed by atoms with Crippen molar-refractivity contribution in [3.63, 3.8) is 0 Å². The summed E-state index contributed by atoms with van der Waals surface area (Å²) in [4.78, 5) is 20.5. The van der Waals surface area contributed by atoms with Gasteiger partial charge in [0.05, 0.1) is 29.3 Å². The molecule has 2 aromatic heterocycles. The molecule has 0 unspecified atom stereocenters. The molecule has 31 heavy (non-hydrogen) atoms. The third kappa shape index (κ3) is 6.06. The molecule has 3 aromatic rings. The second-order valence-corrected chi connectivity index (χ2v) is 8.74. The highest BCUT2D eigenvalue weighted by Gasteiger charge is 2.16. The zero-order valence-electron chi connectivity index (χ0n) is 16.5. The van der Waals surface area contributed by atoms with Crippen LogP contribution in [-0.4, -0.2) is 31.3 Å². The molecule has 0 amide bonds. The number of ether oxygens (including phenoxy) is 1. The Labute approximate surface area is 184 Å². The molecule has 0 aliphatic carbocycles. The summed E-state index contributed by atoms with van der Waals surface area (Å²) in [5, 5.41) is -0.283. The summed E-state index contributed by atoms with van der Waals surface area (Å²) < 4.78 is 45.2. The van der Waals surface area contributed by atoms with Gasteiger partial charge < -0.3 is 4.74 Å². The van der Waals surface area contributed by atoms with Gasteiger partial charge in [-0.25, -0.2) is 22.5 Å². The number of carbonyl (C=O) groups is 1. The van der Waals surface area contributed by atoms with E-state index >= 15 is 0 Å². The third-order valence-corrected chi connectivity index (χ3v) is 6.13. The summed E-state index contributed by atoms with van der Waals surface area (Å²) in [6.45, 7) is -0.0939. The minimum atomic E-state index is -3.89. The van der Waals surface area contributed by atoms with Gasteiger partial charge in [-0.2, -0.15) is 0 Å². The lowest BCUT2D eigenvalue weighted by Gasteiger charge is -2.08. The Hall–Kier alpha value is -2.88. The quantitative estimate of drug-likeness (QED) is 0.487. The van der Waals surface area contributed by atoms with Crippen LogP contribution in [0.5, 0.6) is 5.88 Å². The van der Waals surface area contributed by atoms with Crippen molar-refractivity contribution in [1.29, 1.82) is 0 Å². The number of halogens is 2. The number of nitrogens with one attached hydrogen (secondary N) is 1. The van der Waals surface area contributed by atoms with E-state index in [4.69, 9.17) is 16.3 Å². The molecular formula is C21H19ClFN3O4S. The van der Waals surface area contributed by atoms with E-state index in [-0.39, 0.29) is 28.7 Å². The molecule has 0 aliphatic rings. The molecule has 0 aliphatic heterocycles. The van der Waals surface area contributed by atoms with Crippen molar-refractivity contribution >= 4 is 27.4 Å². The fraction of sp³-hybridized carbons (Fsp3) is 0.190. The van der Waals surface area contributed by atoms with Crippen LogP contribution in [-0.2, 0) is 23.0 Å². The van der Waals surface area contributed by atoms with Gasteiger partial charge in [-0.05, 0) is 42.3 Å². The average molecular weight is 464 g/mol. The topological polar surface area (TPSA) is 98.2 Å². The molecule has 0 spiro atoms. The lowest BCUT2D eigenvalue weighted by molar-refractivity contribution is 0.0982. The molecule has 0 saturated carbocycles. The SMILES string of the molecule is COc1ccc(CCC(=O)c2ccc(CNS(=O)(=O)c3ccc(F)c(Cl)c3)nc2)cn1. The number of aromatic nitrogens is 2. The molecule has 1 N–H and O–H groups in total. The third-order valence-electron chi connectivity index (χ3n) is 4.44. The second-order valence-electron chi connectivity index (χ2n) is 6.57. The predicted molar refractivity (Wildman–Crippen MR) is 113 cm³/mol. The van der Waals surface area contributed by atoms with E-state index in [1.807, 2.05) is 6.07 Å². The summed E-state index contributed by atoms with van der Waals surface area (Å²) in [6.07, 6.45) is 3.88. The molecule has 0 radical (unpaired) electrons. The number of nitrogens with zero attached hydrogens (tertiary/aromatic N) is 2. The van der Waals surface area contributed by atoms with Gasteiger partial charge in [-0.1, -0.05) is 17.7 Å². The van der Waals surface area contributed by atoms with Crippen LogP contribution < -0.4 is 9.46 Å². The predicted octanol–water partition coefficient (Wildman–Crippen LogP) is 3.57. The molecule has 0 bridgehead atoms. The zero-order chi connectivity index (χ0) is 22.4. The number of ketones is 1. The largest absolute Gasteiger partial charge is 0.481 e. The van der Waals surface area contributed by atoms with E-state index in [2.05, 4.69) is 14.7 Å². The normalized spacial score (nSPS) is 11.3. The Kier molecular flexibility index (Phi) is 7.32. The van der Waals surface area contributed by atoms with Crippen molar-refractivity contribution < 1.29 is 22.3 Å². The van der Waals surface area contributed by atoms with E-state index in [1.54, 1.807) is 24.4 Å². The lowest BCUT2D eigenvalue weighted by atomic mass is 10.1. The van der Waals surface area contributed by atoms with Gasteiger partial charge in [0.1, 0.15) is 5.82 Å². The van der Waals surface area contributed by atoms with Gasteiger partial charge in [0, 0.05) is 30.4 Å². The highest BCUT2D eigenvalue weighted by Crippen LogP contribution is 2.19. The van der Waals surface area contributed by atoms with Crippen LogP contribution >= 0.6 is 11.6 Å². The highest BCUT2D eigenvalue weighted by molar-refractivity contribution is 7.89. The summed E-state index contributed by atoms with van der Waals surface area (Å²) in [6, 6.07) is 9.89. The number of hydrogen-bond donors (Lipinski definition) is 1. The van der Waals surface area contributed by atoms with Crippen molar-refractivity contribution in [3.05, 3.63) is 82.5 Å². The van der Waals surface area contributed by atoms with E-state index in [0.29, 0.717) is 23.6 Å². The number of carbonyl (C=O) groups excluding carboxylic acids is 1. The molecule has 1 aromatic carbocycles. The first-order valence-electron chi connectivity index (χ1n) is 9.20. The Bertz CT molecular complexity index is 1170. The molecule has 10 heteroatoms. The smallest absolute Gasteiger partial charge is 0.240 e. The first kappa shape index (κ1) is 22.8. The van der Waals surface area contributed by atoms with Gasteiger partial charge in [0.2, 0.25) is 15.9 Å². The van der Waals surface area contributed by atoms with Gasteiger partial charge in [-0.3, -0.25) is 9.78 Å². The highest BCUT2D eigenvalue weighted by atomic mass is 35.5. The number of rotatable bonds is 9. The lowest BCUT2D eigenvalue weighted by Crippen LogP contribution is -2.23. The Morgan fingerprint density at radius 3 is 2.55 bits per heavy atom. The number of Topliss-reactive ketones (excluding diaryl/α,β-unsaturated/α-hetero) is 1. The minimum absolute atomic E-state index is 0.0867. The monoisotopic (exact) mass is 463 g/mol. The van der Waals surface area contributed by atoms with Crippen LogP contribution in [0.2, 0.25) is 5.02 Å². The maximum absolute atomic E-state index is 13.2. The molecule has 2 heterocycles. The van der Waals surface area contributed by atoms with Crippen LogP contribution in [0.15, 0.2) is 59.8 Å². The standard InChI is InChI=1S/C21H19ClFN3O4S/c1-30-21-9-3-14(11-25-21)2-8-20(27)15-4-5-16(24-12-15)13-26-31(28,29)17-6-7-19(23)18(22)10-17/h3-7,9-12,26H,2,8,13H2,1H3. The van der Waals surface area contributed by atoms with E-state index < -0.39 is 15.8 Å². The summed E-state index contributed by atoms with van der Waals surface area (Å²) in [7, 11) is -2.36. The van der Waals surface area contributed by atoms with Gasteiger partial charge in [0.25, 0.3) is 0 Å². The molecular weight excluding hydrogens is 445 g/mol. The number of pyridine rings is 2. The minimum Gasteiger partial charge on any atom is -0.481 e. The Balaban J connectivity index is 1.56. The van der Waals surface area contributed by atoms with Crippen molar-refractivity contribution in [3.8, 4) is 5.88 Å². The fourth-order valence-corrected chi connectivity index (χ4v) is 3.94. The van der Waals surface area contributed by atoms with E-state index in [1.165, 1.54) is 13.3 Å². The molecule has 0 atom stereocenters. The maximum Gasteiger partial charge on any atom is 0.240 e. The van der Waals surface area contributed by atoms with E-state index in [9.17, 15) is 17.6 Å². The van der Waals surface area contributed by atoms with Crippen LogP contribution in [0.1, 0.15) is 28.0 Å². The first-order chi connectivity index (χ1) is 14.8. The van der Waals surface area contributed by atoms with Crippen LogP contribution in [0, 0.1) is 5.82 Å². The zero-order valence-corrected chi connectivity index (χ0v) is 18.1. The van der Waals surface area contributed by atoms with Crippen LogP contribution in [0.4, 0.5) is 4.39 Å². The molecule has 3 rings (SSSR count). The molecule has 0 fully saturated rings. The summed E-state index contributed by atoms with van der Waals surface area (Å²) in [5.74, 6) is -0.282. The Morgan fingerprint density at radius 2 is 1.94 bits per heavy atom. The Morgan fingerprint density at radius 1 is 1.13 bits per heavy atom. The van der Waals surface area contributed by atoms with Gasteiger partial charge in [0.15, 0.2) is 5.78 Å². The summed E-state index contributed by atoms with van der Waals surface area (Å²) >= 11 is 5.64. The number of hydrogen-bond acceptors (Lipinski definition) is 6. The molecule has 0 saturated heterocycles. The molecule has 162 valence electrons. The molecule has 7 nitrogen and oxygen atoms in total. The fourth-order valence-electron chi connectivity index (χ4n) is 2.67. The number of benzene rings is 1. The van der Waals surface area contributed by atoms with Gasteiger partial charge in [-0.15, -0.1) is 0 Å². The van der Waals surface area contributed by atoms with Crippen molar-refractivity contribution in [1.82, 2.24) is 14.7 Å². The maximum atomic E-state index is 13.2. The number of sulfonamides is 1. The second kappa shape index (κ2) is 9.95. The van der Waals surface area contributed by atoms with Crippen LogP contribution in [0.25, 0.3) is 0 Å². The number of aryl methyl sites for hydroxylation is 1. The van der Waals surface area contributed by atoms with Crippen LogP contribution in [0.3, 0.4) is 0 Å². The van der Waals surface area contributed by atoms with Crippen molar-refractivity contribution in [2.45, 2.75) is 24.3 Å². The van der Waals surface area contributed by atoms with E-state index in [0.717, 1.165) is 23.8 Å². The van der Waals surface area contributed by atoms with Crippen molar-refractivity contribution in [2.24, 2.45) is 0 Å². The van der Waals surface area contributed by atoms with Gasteiger partial charge >= 0.3 is 0 Å². The summed E-state index contributed by atoms with van der Waals surface area (Å²) in [5.41, 5.74) is 1.76.